The summed E-state index contributed by atoms with van der Waals surface area (Å²) in [5, 5.41) is 0. The monoisotopic (exact) mass is 398 g/mol. The van der Waals surface area contributed by atoms with Crippen LogP contribution in [-0.2, 0) is 27.7 Å². The van der Waals surface area contributed by atoms with Crippen molar-refractivity contribution in [3.63, 3.8) is 0 Å². The lowest BCUT2D eigenvalue weighted by atomic mass is 10.1. The molecule has 4 rings (SSSR count). The summed E-state index contributed by atoms with van der Waals surface area (Å²) in [5.74, 6) is 0.344. The van der Waals surface area contributed by atoms with E-state index in [1.54, 1.807) is 6.07 Å². The molecule has 0 aromatic heterocycles. The molecule has 1 aliphatic carbocycles. The number of carbonyl (C=O) groups is 1. The van der Waals surface area contributed by atoms with Gasteiger partial charge in [-0.2, -0.15) is 0 Å². The van der Waals surface area contributed by atoms with E-state index in [1.165, 1.54) is 0 Å². The zero-order valence-corrected chi connectivity index (χ0v) is 16.7. The Hall–Kier alpha value is -2.34. The average Bonchev–Trinajstić information content (AvgIpc) is 3.36. The van der Waals surface area contributed by atoms with Gasteiger partial charge in [0.05, 0.1) is 11.4 Å². The van der Waals surface area contributed by atoms with E-state index in [-0.39, 0.29) is 17.6 Å². The third-order valence-electron chi connectivity index (χ3n) is 5.73. The minimum Gasteiger partial charge on any atom is -0.312 e. The van der Waals surface area contributed by atoms with E-state index in [2.05, 4.69) is 4.72 Å². The van der Waals surface area contributed by atoms with E-state index >= 15 is 0 Å². The Labute approximate surface area is 166 Å². The fraction of sp³-hybridized carbons (Fsp3) is 0.409. The van der Waals surface area contributed by atoms with Crippen LogP contribution in [-0.4, -0.2) is 26.6 Å². The summed E-state index contributed by atoms with van der Waals surface area (Å²) in [7, 11) is -3.46. The Morgan fingerprint density at radius 3 is 2.57 bits per heavy atom. The maximum Gasteiger partial charge on any atom is 0.233 e. The van der Waals surface area contributed by atoms with Gasteiger partial charge in [-0.3, -0.25) is 9.52 Å². The number of hydrogen-bond donors (Lipinski definition) is 1. The Balaban J connectivity index is 1.46. The van der Waals surface area contributed by atoms with Crippen LogP contribution in [0.1, 0.15) is 36.8 Å². The van der Waals surface area contributed by atoms with Crippen molar-refractivity contribution in [2.45, 2.75) is 38.5 Å². The van der Waals surface area contributed by atoms with Crippen molar-refractivity contribution in [2.75, 3.05) is 21.9 Å². The van der Waals surface area contributed by atoms with E-state index in [9.17, 15) is 13.2 Å². The highest BCUT2D eigenvalue weighted by Crippen LogP contribution is 2.35. The van der Waals surface area contributed by atoms with Crippen molar-refractivity contribution < 1.29 is 13.2 Å². The molecule has 1 heterocycles. The van der Waals surface area contributed by atoms with E-state index < -0.39 is 10.0 Å². The van der Waals surface area contributed by atoms with Crippen LogP contribution in [0.15, 0.2) is 48.5 Å². The number of hydrogen-bond acceptors (Lipinski definition) is 3. The second-order valence-corrected chi connectivity index (χ2v) is 9.56. The van der Waals surface area contributed by atoms with Crippen LogP contribution < -0.4 is 9.62 Å². The molecule has 1 saturated carbocycles. The summed E-state index contributed by atoms with van der Waals surface area (Å²) in [6.07, 6.45) is 5.48. The SMILES string of the molecule is O=C(C1CCCC1)N1CCc2ccc(NS(=O)(=O)CCc3ccccc3)cc21. The van der Waals surface area contributed by atoms with Crippen LogP contribution in [0, 0.1) is 5.92 Å². The second kappa shape index (κ2) is 7.95. The third-order valence-corrected chi connectivity index (χ3v) is 7.02. The van der Waals surface area contributed by atoms with E-state index in [4.69, 9.17) is 0 Å². The molecule has 2 aliphatic rings. The van der Waals surface area contributed by atoms with Crippen molar-refractivity contribution >= 4 is 27.3 Å². The summed E-state index contributed by atoms with van der Waals surface area (Å²) in [4.78, 5) is 14.7. The highest BCUT2D eigenvalue weighted by molar-refractivity contribution is 7.92. The van der Waals surface area contributed by atoms with Crippen LogP contribution >= 0.6 is 0 Å². The zero-order chi connectivity index (χ0) is 19.6. The van der Waals surface area contributed by atoms with Crippen LogP contribution in [0.5, 0.6) is 0 Å². The lowest BCUT2D eigenvalue weighted by Crippen LogP contribution is -2.33. The number of nitrogens with one attached hydrogen (secondary N) is 1. The molecule has 2 aromatic rings. The molecule has 5 nitrogen and oxygen atoms in total. The number of aryl methyl sites for hydroxylation is 1. The summed E-state index contributed by atoms with van der Waals surface area (Å²) in [6, 6.07) is 15.1. The first kappa shape index (κ1) is 19.0. The van der Waals surface area contributed by atoms with Crippen molar-refractivity contribution in [2.24, 2.45) is 5.92 Å². The number of amides is 1. The molecule has 2 aromatic carbocycles. The van der Waals surface area contributed by atoms with Crippen molar-refractivity contribution in [1.29, 1.82) is 0 Å². The number of sulfonamides is 1. The standard InChI is InChI=1S/C22H26N2O3S/c25-22(19-8-4-5-9-19)24-14-12-18-10-11-20(16-21(18)24)23-28(26,27)15-13-17-6-2-1-3-7-17/h1-3,6-7,10-11,16,19,23H,4-5,8-9,12-15H2. The Morgan fingerprint density at radius 1 is 1.07 bits per heavy atom. The van der Waals surface area contributed by atoms with Crippen LogP contribution in [0.25, 0.3) is 0 Å². The highest BCUT2D eigenvalue weighted by Gasteiger charge is 2.32. The van der Waals surface area contributed by atoms with Gasteiger partial charge in [0.15, 0.2) is 0 Å². The lowest BCUT2D eigenvalue weighted by Gasteiger charge is -2.21. The molecule has 148 valence electrons. The van der Waals surface area contributed by atoms with Gasteiger partial charge >= 0.3 is 0 Å². The number of benzene rings is 2. The minimum absolute atomic E-state index is 0.0266. The quantitative estimate of drug-likeness (QED) is 0.806. The van der Waals surface area contributed by atoms with Gasteiger partial charge in [0.2, 0.25) is 15.9 Å². The molecule has 0 bridgehead atoms. The topological polar surface area (TPSA) is 66.5 Å². The molecule has 0 radical (unpaired) electrons. The largest absolute Gasteiger partial charge is 0.312 e. The van der Waals surface area contributed by atoms with Crippen molar-refractivity contribution in [3.8, 4) is 0 Å². The van der Waals surface area contributed by atoms with Crippen LogP contribution in [0.3, 0.4) is 0 Å². The summed E-state index contributed by atoms with van der Waals surface area (Å²) < 4.78 is 27.7. The van der Waals surface area contributed by atoms with Crippen LogP contribution in [0.4, 0.5) is 11.4 Å². The molecular weight excluding hydrogens is 372 g/mol. The molecule has 1 amide bonds. The Morgan fingerprint density at radius 2 is 1.82 bits per heavy atom. The van der Waals surface area contributed by atoms with Crippen molar-refractivity contribution in [3.05, 3.63) is 59.7 Å². The molecule has 1 N–H and O–H groups in total. The molecule has 0 saturated heterocycles. The Kier molecular flexibility index (Phi) is 5.40. The first-order chi connectivity index (χ1) is 13.5. The summed E-state index contributed by atoms with van der Waals surface area (Å²) >= 11 is 0. The fourth-order valence-corrected chi connectivity index (χ4v) is 5.28. The van der Waals surface area contributed by atoms with Gasteiger partial charge in [-0.05, 0) is 48.9 Å². The number of fused-ring (bicyclic) bond motifs is 1. The average molecular weight is 399 g/mol. The van der Waals surface area contributed by atoms with Gasteiger partial charge in [-0.1, -0.05) is 49.2 Å². The molecule has 0 spiro atoms. The zero-order valence-electron chi connectivity index (χ0n) is 15.9. The number of rotatable bonds is 6. The smallest absolute Gasteiger partial charge is 0.233 e. The maximum atomic E-state index is 12.9. The van der Waals surface area contributed by atoms with Crippen LogP contribution in [0.2, 0.25) is 0 Å². The molecule has 0 unspecified atom stereocenters. The van der Waals surface area contributed by atoms with Gasteiger partial charge in [-0.15, -0.1) is 0 Å². The molecule has 28 heavy (non-hydrogen) atoms. The minimum atomic E-state index is -3.46. The summed E-state index contributed by atoms with van der Waals surface area (Å²) in [5.41, 5.74) is 3.49. The predicted octanol–water partition coefficient (Wildman–Crippen LogP) is 3.75. The predicted molar refractivity (Wildman–Crippen MR) is 112 cm³/mol. The Bertz CT molecular complexity index is 951. The van der Waals surface area contributed by atoms with Gasteiger partial charge in [0, 0.05) is 18.2 Å². The third kappa shape index (κ3) is 4.22. The maximum absolute atomic E-state index is 12.9. The van der Waals surface area contributed by atoms with Gasteiger partial charge < -0.3 is 4.90 Å². The van der Waals surface area contributed by atoms with Gasteiger partial charge in [-0.25, -0.2) is 8.42 Å². The summed E-state index contributed by atoms with van der Waals surface area (Å²) in [6.45, 7) is 0.689. The van der Waals surface area contributed by atoms with E-state index in [0.29, 0.717) is 18.7 Å². The molecule has 1 aliphatic heterocycles. The van der Waals surface area contributed by atoms with Gasteiger partial charge in [0.1, 0.15) is 0 Å². The number of carbonyl (C=O) groups excluding carboxylic acids is 1. The van der Waals surface area contributed by atoms with E-state index in [0.717, 1.165) is 48.9 Å². The second-order valence-electron chi connectivity index (χ2n) is 7.72. The van der Waals surface area contributed by atoms with E-state index in [1.807, 2.05) is 47.4 Å². The highest BCUT2D eigenvalue weighted by atomic mass is 32.2. The van der Waals surface area contributed by atoms with Gasteiger partial charge in [0.25, 0.3) is 0 Å². The fourth-order valence-electron chi connectivity index (χ4n) is 4.19. The first-order valence-corrected chi connectivity index (χ1v) is 11.7. The molecule has 0 atom stereocenters. The molecular formula is C22H26N2O3S. The number of anilines is 2. The lowest BCUT2D eigenvalue weighted by molar-refractivity contribution is -0.122. The molecule has 6 heteroatoms. The molecule has 1 fully saturated rings. The van der Waals surface area contributed by atoms with Crippen molar-refractivity contribution in [1.82, 2.24) is 0 Å². The first-order valence-electron chi connectivity index (χ1n) is 10.0. The number of nitrogens with zero attached hydrogens (tertiary/aromatic N) is 1. The normalized spacial score (nSPS) is 16.9.